The number of nitrogens with zero attached hydrogens (tertiary/aromatic N) is 2. The minimum atomic E-state index is -0.269. The Kier molecular flexibility index (Phi) is 5.10. The number of hydrogen-bond acceptors (Lipinski definition) is 6. The van der Waals surface area contributed by atoms with Crippen LogP contribution in [-0.4, -0.2) is 28.8 Å². The highest BCUT2D eigenvalue weighted by Crippen LogP contribution is 2.19. The van der Waals surface area contributed by atoms with Gasteiger partial charge in [0.15, 0.2) is 0 Å². The molecule has 2 N–H and O–H groups in total. The van der Waals surface area contributed by atoms with Crippen LogP contribution in [-0.2, 0) is 0 Å². The summed E-state index contributed by atoms with van der Waals surface area (Å²) in [5, 5.41) is 14.5. The number of amides is 1. The molecule has 0 radical (unpaired) electrons. The molecule has 1 heterocycles. The van der Waals surface area contributed by atoms with E-state index in [0.29, 0.717) is 15.8 Å². The lowest BCUT2D eigenvalue weighted by molar-refractivity contribution is 0.102. The van der Waals surface area contributed by atoms with Gasteiger partial charge in [-0.25, -0.2) is 0 Å². The SMILES string of the molecule is CCNc1nnc(C(=O)Nc2ccc(OC(C)C)cc2)s1. The summed E-state index contributed by atoms with van der Waals surface area (Å²) in [5.74, 6) is 0.502. The van der Waals surface area contributed by atoms with Gasteiger partial charge in [0, 0.05) is 12.2 Å². The monoisotopic (exact) mass is 306 g/mol. The molecule has 0 aliphatic rings. The number of hydrogen-bond donors (Lipinski definition) is 2. The highest BCUT2D eigenvalue weighted by Gasteiger charge is 2.12. The molecule has 6 nitrogen and oxygen atoms in total. The molecule has 2 aromatic rings. The smallest absolute Gasteiger partial charge is 0.286 e. The summed E-state index contributed by atoms with van der Waals surface area (Å²) in [6.45, 7) is 6.63. The minimum Gasteiger partial charge on any atom is -0.491 e. The van der Waals surface area contributed by atoms with Gasteiger partial charge >= 0.3 is 0 Å². The molecule has 1 aromatic carbocycles. The Morgan fingerprint density at radius 2 is 2.00 bits per heavy atom. The number of carbonyl (C=O) groups is 1. The van der Waals surface area contributed by atoms with E-state index in [9.17, 15) is 4.79 Å². The third kappa shape index (κ3) is 4.42. The molecule has 0 unspecified atom stereocenters. The summed E-state index contributed by atoms with van der Waals surface area (Å²) < 4.78 is 5.55. The van der Waals surface area contributed by atoms with Crippen molar-refractivity contribution in [2.24, 2.45) is 0 Å². The van der Waals surface area contributed by atoms with E-state index in [1.807, 2.05) is 32.9 Å². The number of carbonyl (C=O) groups excluding carboxylic acids is 1. The second-order valence-electron chi connectivity index (χ2n) is 4.59. The second kappa shape index (κ2) is 7.03. The molecule has 0 saturated heterocycles. The Hall–Kier alpha value is -2.15. The van der Waals surface area contributed by atoms with E-state index in [-0.39, 0.29) is 12.0 Å². The molecular weight excluding hydrogens is 288 g/mol. The zero-order valence-electron chi connectivity index (χ0n) is 12.2. The topological polar surface area (TPSA) is 76.1 Å². The first kappa shape index (κ1) is 15.2. The predicted octanol–water partition coefficient (Wildman–Crippen LogP) is 3.01. The van der Waals surface area contributed by atoms with Gasteiger partial charge in [-0.3, -0.25) is 4.79 Å². The van der Waals surface area contributed by atoms with E-state index in [0.717, 1.165) is 12.3 Å². The molecule has 0 saturated carbocycles. The minimum absolute atomic E-state index is 0.122. The van der Waals surface area contributed by atoms with Crippen LogP contribution in [0.4, 0.5) is 10.8 Å². The van der Waals surface area contributed by atoms with Crippen LogP contribution in [0.25, 0.3) is 0 Å². The lowest BCUT2D eigenvalue weighted by Gasteiger charge is -2.10. The van der Waals surface area contributed by atoms with Crippen molar-refractivity contribution in [3.63, 3.8) is 0 Å². The zero-order chi connectivity index (χ0) is 15.2. The average Bonchev–Trinajstić information content (AvgIpc) is 2.89. The van der Waals surface area contributed by atoms with E-state index in [4.69, 9.17) is 4.74 Å². The Balaban J connectivity index is 1.98. The predicted molar refractivity (Wildman–Crippen MR) is 84.2 cm³/mol. The number of nitrogens with one attached hydrogen (secondary N) is 2. The molecule has 7 heteroatoms. The van der Waals surface area contributed by atoms with Gasteiger partial charge in [-0.1, -0.05) is 11.3 Å². The number of aromatic nitrogens is 2. The summed E-state index contributed by atoms with van der Waals surface area (Å²) in [6, 6.07) is 7.23. The lowest BCUT2D eigenvalue weighted by Crippen LogP contribution is -2.11. The molecular formula is C14H18N4O2S. The Labute approximate surface area is 127 Å². The highest BCUT2D eigenvalue weighted by atomic mass is 32.1. The molecule has 0 aliphatic heterocycles. The van der Waals surface area contributed by atoms with Crippen molar-refractivity contribution in [3.8, 4) is 5.75 Å². The van der Waals surface area contributed by atoms with Gasteiger partial charge in [0.2, 0.25) is 10.1 Å². The van der Waals surface area contributed by atoms with Crippen molar-refractivity contribution < 1.29 is 9.53 Å². The summed E-state index contributed by atoms with van der Waals surface area (Å²) in [4.78, 5) is 12.0. The fourth-order valence-electron chi connectivity index (χ4n) is 1.61. The summed E-state index contributed by atoms with van der Waals surface area (Å²) in [5.41, 5.74) is 0.691. The average molecular weight is 306 g/mol. The maximum atomic E-state index is 12.0. The van der Waals surface area contributed by atoms with Crippen molar-refractivity contribution in [2.45, 2.75) is 26.9 Å². The molecule has 112 valence electrons. The number of anilines is 2. The molecule has 0 bridgehead atoms. The quantitative estimate of drug-likeness (QED) is 0.858. The lowest BCUT2D eigenvalue weighted by atomic mass is 10.3. The van der Waals surface area contributed by atoms with E-state index < -0.39 is 0 Å². The first-order valence-electron chi connectivity index (χ1n) is 6.74. The molecule has 0 spiro atoms. The van der Waals surface area contributed by atoms with Crippen LogP contribution in [0.15, 0.2) is 24.3 Å². The van der Waals surface area contributed by atoms with Gasteiger partial charge in [-0.05, 0) is 45.0 Å². The first-order chi connectivity index (χ1) is 10.1. The Morgan fingerprint density at radius 1 is 1.29 bits per heavy atom. The van der Waals surface area contributed by atoms with Crippen LogP contribution < -0.4 is 15.4 Å². The van der Waals surface area contributed by atoms with Gasteiger partial charge in [0.25, 0.3) is 5.91 Å². The van der Waals surface area contributed by atoms with Crippen LogP contribution in [0.1, 0.15) is 30.6 Å². The Bertz CT molecular complexity index is 595. The molecule has 2 rings (SSSR count). The Morgan fingerprint density at radius 3 is 2.62 bits per heavy atom. The molecule has 0 fully saturated rings. The highest BCUT2D eigenvalue weighted by molar-refractivity contribution is 7.17. The van der Waals surface area contributed by atoms with Gasteiger partial charge in [-0.15, -0.1) is 10.2 Å². The van der Waals surface area contributed by atoms with Gasteiger partial charge < -0.3 is 15.4 Å². The van der Waals surface area contributed by atoms with Crippen molar-refractivity contribution in [1.29, 1.82) is 0 Å². The van der Waals surface area contributed by atoms with Crippen LogP contribution in [0.3, 0.4) is 0 Å². The van der Waals surface area contributed by atoms with Crippen molar-refractivity contribution in [1.82, 2.24) is 10.2 Å². The van der Waals surface area contributed by atoms with Crippen molar-refractivity contribution >= 4 is 28.1 Å². The van der Waals surface area contributed by atoms with Crippen molar-refractivity contribution in [2.75, 3.05) is 17.2 Å². The molecule has 0 aliphatic carbocycles. The maximum Gasteiger partial charge on any atom is 0.286 e. The van der Waals surface area contributed by atoms with Crippen LogP contribution >= 0.6 is 11.3 Å². The fourth-order valence-corrected chi connectivity index (χ4v) is 2.32. The number of ether oxygens (including phenoxy) is 1. The van der Waals surface area contributed by atoms with E-state index in [1.165, 1.54) is 11.3 Å². The summed E-state index contributed by atoms with van der Waals surface area (Å²) >= 11 is 1.23. The molecule has 1 amide bonds. The first-order valence-corrected chi connectivity index (χ1v) is 7.55. The van der Waals surface area contributed by atoms with Gasteiger partial charge in [0.1, 0.15) is 5.75 Å². The standard InChI is InChI=1S/C14H18N4O2S/c1-4-15-14-18-17-13(21-14)12(19)16-10-5-7-11(8-6-10)20-9(2)3/h5-9H,4H2,1-3H3,(H,15,18)(H,16,19). The molecule has 0 atom stereocenters. The van der Waals surface area contributed by atoms with Crippen molar-refractivity contribution in [3.05, 3.63) is 29.3 Å². The second-order valence-corrected chi connectivity index (χ2v) is 5.57. The summed E-state index contributed by atoms with van der Waals surface area (Å²) in [7, 11) is 0. The number of rotatable bonds is 6. The van der Waals surface area contributed by atoms with Gasteiger partial charge in [-0.2, -0.15) is 0 Å². The molecule has 21 heavy (non-hydrogen) atoms. The third-order valence-electron chi connectivity index (χ3n) is 2.43. The van der Waals surface area contributed by atoms with Crippen LogP contribution in [0.5, 0.6) is 5.75 Å². The largest absolute Gasteiger partial charge is 0.491 e. The van der Waals surface area contributed by atoms with E-state index >= 15 is 0 Å². The van der Waals surface area contributed by atoms with E-state index in [2.05, 4.69) is 20.8 Å². The third-order valence-corrected chi connectivity index (χ3v) is 3.31. The zero-order valence-corrected chi connectivity index (χ0v) is 13.0. The summed E-state index contributed by atoms with van der Waals surface area (Å²) in [6.07, 6.45) is 0.122. The fraction of sp³-hybridized carbons (Fsp3) is 0.357. The van der Waals surface area contributed by atoms with E-state index in [1.54, 1.807) is 12.1 Å². The van der Waals surface area contributed by atoms with Crippen LogP contribution in [0.2, 0.25) is 0 Å². The molecule has 1 aromatic heterocycles. The number of benzene rings is 1. The van der Waals surface area contributed by atoms with Crippen LogP contribution in [0, 0.1) is 0 Å². The maximum absolute atomic E-state index is 12.0. The van der Waals surface area contributed by atoms with Gasteiger partial charge in [0.05, 0.1) is 6.10 Å². The normalized spacial score (nSPS) is 10.5.